The zero-order chi connectivity index (χ0) is 14.5. The summed E-state index contributed by atoms with van der Waals surface area (Å²) in [5, 5.41) is 4.89. The summed E-state index contributed by atoms with van der Waals surface area (Å²) >= 11 is 4.82. The largest absolute Gasteiger partial charge is 0.376 e. The Morgan fingerprint density at radius 3 is 2.55 bits per heavy atom. The van der Waals surface area contributed by atoms with Gasteiger partial charge >= 0.3 is 0 Å². The summed E-state index contributed by atoms with van der Waals surface area (Å²) in [6.07, 6.45) is 0. The van der Waals surface area contributed by atoms with Gasteiger partial charge in [0.1, 0.15) is 0 Å². The van der Waals surface area contributed by atoms with Crippen LogP contribution in [0.15, 0.2) is 24.3 Å². The first kappa shape index (κ1) is 14.7. The van der Waals surface area contributed by atoms with E-state index in [0.29, 0.717) is 11.3 Å². The third-order valence-electron chi connectivity index (χ3n) is 3.19. The highest BCUT2D eigenvalue weighted by Gasteiger charge is 2.18. The average molecular weight is 293 g/mol. The fourth-order valence-electron chi connectivity index (χ4n) is 2.04. The maximum Gasteiger partial charge on any atom is 0.267 e. The van der Waals surface area contributed by atoms with Crippen molar-refractivity contribution < 1.29 is 4.79 Å². The molecule has 108 valence electrons. The fraction of sp³-hybridized carbons (Fsp3) is 0.385. The number of rotatable bonds is 3. The van der Waals surface area contributed by atoms with Crippen LogP contribution in [0.2, 0.25) is 0 Å². The molecule has 1 aliphatic heterocycles. The van der Waals surface area contributed by atoms with Gasteiger partial charge in [-0.1, -0.05) is 12.1 Å². The molecule has 20 heavy (non-hydrogen) atoms. The lowest BCUT2D eigenvalue weighted by Crippen LogP contribution is -2.52. The van der Waals surface area contributed by atoms with E-state index in [2.05, 4.69) is 22.7 Å². The molecule has 2 rings (SSSR count). The van der Waals surface area contributed by atoms with Crippen LogP contribution in [0.5, 0.6) is 0 Å². The van der Waals surface area contributed by atoms with E-state index in [1.165, 1.54) is 0 Å². The number of benzene rings is 1. The molecule has 1 amide bonds. The number of anilines is 1. The Balaban J connectivity index is 2.03. The number of hydrogen-bond acceptors (Lipinski definition) is 4. The molecular formula is C13H19N5OS. The molecule has 1 saturated heterocycles. The number of nitrogens with one attached hydrogen (secondary N) is 2. The highest BCUT2D eigenvalue weighted by Crippen LogP contribution is 2.14. The van der Waals surface area contributed by atoms with Crippen molar-refractivity contribution in [3.05, 3.63) is 29.8 Å². The van der Waals surface area contributed by atoms with Gasteiger partial charge in [0.05, 0.1) is 11.3 Å². The first-order chi connectivity index (χ1) is 9.56. The SMILES string of the molecule is CN1CCN(NC(=O)c2ccccc2NC(N)=S)CC1. The minimum absolute atomic E-state index is 0.143. The Hall–Kier alpha value is -1.70. The van der Waals surface area contributed by atoms with Crippen LogP contribution in [0, 0.1) is 0 Å². The number of nitrogens with two attached hydrogens (primary N) is 1. The maximum absolute atomic E-state index is 12.3. The van der Waals surface area contributed by atoms with Crippen LogP contribution in [-0.4, -0.2) is 54.2 Å². The van der Waals surface area contributed by atoms with E-state index in [9.17, 15) is 4.79 Å². The first-order valence-corrected chi connectivity index (χ1v) is 6.87. The predicted octanol–water partition coefficient (Wildman–Crippen LogP) is 0.234. The second-order valence-corrected chi connectivity index (χ2v) is 5.21. The monoisotopic (exact) mass is 293 g/mol. The first-order valence-electron chi connectivity index (χ1n) is 6.46. The molecule has 0 bridgehead atoms. The summed E-state index contributed by atoms with van der Waals surface area (Å²) in [5.41, 5.74) is 9.52. The van der Waals surface area contributed by atoms with E-state index in [1.54, 1.807) is 12.1 Å². The highest BCUT2D eigenvalue weighted by molar-refractivity contribution is 7.80. The number of nitrogens with zero attached hydrogens (tertiary/aromatic N) is 2. The zero-order valence-electron chi connectivity index (χ0n) is 11.4. The number of para-hydroxylation sites is 1. The van der Waals surface area contributed by atoms with Crippen molar-refractivity contribution in [1.82, 2.24) is 15.3 Å². The Morgan fingerprint density at radius 2 is 1.90 bits per heavy atom. The Bertz CT molecular complexity index is 499. The van der Waals surface area contributed by atoms with Crippen LogP contribution in [0.3, 0.4) is 0 Å². The Kier molecular flexibility index (Phi) is 4.89. The van der Waals surface area contributed by atoms with Crippen molar-refractivity contribution >= 4 is 28.9 Å². The van der Waals surface area contributed by atoms with Gasteiger partial charge in [0.15, 0.2) is 5.11 Å². The van der Waals surface area contributed by atoms with Gasteiger partial charge in [0, 0.05) is 26.2 Å². The number of thiocarbonyl (C=S) groups is 1. The van der Waals surface area contributed by atoms with Crippen LogP contribution in [0.4, 0.5) is 5.69 Å². The van der Waals surface area contributed by atoms with Crippen LogP contribution in [0.25, 0.3) is 0 Å². The number of piperazine rings is 1. The number of amides is 1. The van der Waals surface area contributed by atoms with Crippen LogP contribution < -0.4 is 16.5 Å². The number of carbonyl (C=O) groups is 1. The molecule has 1 aromatic rings. The quantitative estimate of drug-likeness (QED) is 0.693. The summed E-state index contributed by atoms with van der Waals surface area (Å²) < 4.78 is 0. The number of carbonyl (C=O) groups excluding carboxylic acids is 1. The topological polar surface area (TPSA) is 73.6 Å². The van der Waals surface area contributed by atoms with Gasteiger partial charge in [-0.2, -0.15) is 0 Å². The number of hydrogen-bond donors (Lipinski definition) is 3. The molecule has 1 aromatic carbocycles. The number of hydrazine groups is 1. The van der Waals surface area contributed by atoms with Gasteiger partial charge in [-0.3, -0.25) is 10.2 Å². The van der Waals surface area contributed by atoms with Crippen molar-refractivity contribution in [1.29, 1.82) is 0 Å². The average Bonchev–Trinajstić information content (AvgIpc) is 2.41. The van der Waals surface area contributed by atoms with Crippen molar-refractivity contribution in [2.45, 2.75) is 0 Å². The van der Waals surface area contributed by atoms with Crippen molar-refractivity contribution in [3.8, 4) is 0 Å². The summed E-state index contributed by atoms with van der Waals surface area (Å²) in [6, 6.07) is 7.15. The lowest BCUT2D eigenvalue weighted by molar-refractivity contribution is 0.0663. The van der Waals surface area contributed by atoms with Crippen molar-refractivity contribution in [3.63, 3.8) is 0 Å². The third kappa shape index (κ3) is 3.89. The summed E-state index contributed by atoms with van der Waals surface area (Å²) in [5.74, 6) is -0.158. The molecule has 0 atom stereocenters. The van der Waals surface area contributed by atoms with Crippen LogP contribution >= 0.6 is 12.2 Å². The van der Waals surface area contributed by atoms with E-state index in [4.69, 9.17) is 18.0 Å². The van der Waals surface area contributed by atoms with Gasteiger partial charge in [0.25, 0.3) is 5.91 Å². The molecule has 0 radical (unpaired) electrons. The van der Waals surface area contributed by atoms with E-state index < -0.39 is 0 Å². The molecule has 1 aliphatic rings. The minimum Gasteiger partial charge on any atom is -0.376 e. The van der Waals surface area contributed by atoms with Crippen molar-refractivity contribution in [2.75, 3.05) is 38.5 Å². The number of likely N-dealkylation sites (N-methyl/N-ethyl adjacent to an activating group) is 1. The lowest BCUT2D eigenvalue weighted by Gasteiger charge is -2.32. The standard InChI is InChI=1S/C13H19N5OS/c1-17-6-8-18(9-7-17)16-12(19)10-4-2-3-5-11(10)15-13(14)20/h2-5H,6-9H2,1H3,(H,16,19)(H3,14,15,20). The molecule has 0 aliphatic carbocycles. The minimum atomic E-state index is -0.158. The molecule has 0 saturated carbocycles. The van der Waals surface area contributed by atoms with E-state index in [0.717, 1.165) is 26.2 Å². The van der Waals surface area contributed by atoms with Gasteiger partial charge < -0.3 is 16.0 Å². The van der Waals surface area contributed by atoms with E-state index in [1.807, 2.05) is 17.1 Å². The van der Waals surface area contributed by atoms with Crippen molar-refractivity contribution in [2.24, 2.45) is 5.73 Å². The molecule has 0 unspecified atom stereocenters. The zero-order valence-corrected chi connectivity index (χ0v) is 12.2. The Morgan fingerprint density at radius 1 is 1.25 bits per heavy atom. The summed E-state index contributed by atoms with van der Waals surface area (Å²) in [7, 11) is 2.07. The maximum atomic E-state index is 12.3. The van der Waals surface area contributed by atoms with E-state index >= 15 is 0 Å². The summed E-state index contributed by atoms with van der Waals surface area (Å²) in [4.78, 5) is 14.5. The predicted molar refractivity (Wildman–Crippen MR) is 83.4 cm³/mol. The molecule has 0 spiro atoms. The molecule has 6 nitrogen and oxygen atoms in total. The molecule has 1 fully saturated rings. The Labute approximate surface area is 123 Å². The fourth-order valence-corrected chi connectivity index (χ4v) is 2.15. The smallest absolute Gasteiger partial charge is 0.267 e. The second-order valence-electron chi connectivity index (χ2n) is 4.77. The second kappa shape index (κ2) is 6.65. The van der Waals surface area contributed by atoms with Crippen LogP contribution in [0.1, 0.15) is 10.4 Å². The van der Waals surface area contributed by atoms with Gasteiger partial charge in [-0.05, 0) is 31.4 Å². The van der Waals surface area contributed by atoms with Gasteiger partial charge in [0.2, 0.25) is 0 Å². The van der Waals surface area contributed by atoms with Gasteiger partial charge in [-0.15, -0.1) is 0 Å². The summed E-state index contributed by atoms with van der Waals surface area (Å²) in [6.45, 7) is 3.50. The molecule has 1 heterocycles. The third-order valence-corrected chi connectivity index (χ3v) is 3.29. The van der Waals surface area contributed by atoms with E-state index in [-0.39, 0.29) is 11.0 Å². The molecular weight excluding hydrogens is 274 g/mol. The lowest BCUT2D eigenvalue weighted by atomic mass is 10.1. The van der Waals surface area contributed by atoms with Gasteiger partial charge in [-0.25, -0.2) is 5.01 Å². The molecule has 0 aromatic heterocycles. The van der Waals surface area contributed by atoms with Crippen LogP contribution in [-0.2, 0) is 0 Å². The molecule has 4 N–H and O–H groups in total. The normalized spacial score (nSPS) is 16.6. The highest BCUT2D eigenvalue weighted by atomic mass is 32.1. The molecule has 7 heteroatoms.